The maximum Gasteiger partial charge on any atom is 0.217 e. The van der Waals surface area contributed by atoms with E-state index < -0.39 is 0 Å². The Labute approximate surface area is 103 Å². The van der Waals surface area contributed by atoms with Crippen molar-refractivity contribution in [1.29, 1.82) is 0 Å². The molecular weight excluding hydrogens is 214 g/mol. The number of nitrogens with two attached hydrogens (primary N) is 1. The molecule has 1 rings (SSSR count). The lowest BCUT2D eigenvalue weighted by molar-refractivity contribution is -0.117. The van der Waals surface area contributed by atoms with Crippen LogP contribution < -0.4 is 10.5 Å². The van der Waals surface area contributed by atoms with E-state index in [1.54, 1.807) is 0 Å². The summed E-state index contributed by atoms with van der Waals surface area (Å²) in [6, 6.07) is 7.86. The Morgan fingerprint density at radius 2 is 1.94 bits per heavy atom. The highest BCUT2D eigenvalue weighted by Crippen LogP contribution is 2.13. The fourth-order valence-corrected chi connectivity index (χ4v) is 1.56. The van der Waals surface area contributed by atoms with Gasteiger partial charge in [-0.25, -0.2) is 0 Å². The maximum atomic E-state index is 10.6. The van der Waals surface area contributed by atoms with Gasteiger partial charge in [0, 0.05) is 6.42 Å². The predicted molar refractivity (Wildman–Crippen MR) is 69.0 cm³/mol. The first-order chi connectivity index (χ1) is 8.22. The van der Waals surface area contributed by atoms with Crippen molar-refractivity contribution in [2.45, 2.75) is 39.0 Å². The monoisotopic (exact) mass is 235 g/mol. The second kappa shape index (κ2) is 7.71. The van der Waals surface area contributed by atoms with Gasteiger partial charge in [-0.15, -0.1) is 0 Å². The Bertz CT molecular complexity index is 333. The van der Waals surface area contributed by atoms with Crippen LogP contribution in [0.1, 0.15) is 38.2 Å². The van der Waals surface area contributed by atoms with Gasteiger partial charge in [-0.05, 0) is 30.5 Å². The Balaban J connectivity index is 2.31. The van der Waals surface area contributed by atoms with Crippen molar-refractivity contribution in [3.05, 3.63) is 29.8 Å². The number of amides is 1. The van der Waals surface area contributed by atoms with Gasteiger partial charge in [-0.3, -0.25) is 4.79 Å². The van der Waals surface area contributed by atoms with Crippen molar-refractivity contribution in [3.8, 4) is 5.75 Å². The third-order valence-corrected chi connectivity index (χ3v) is 2.60. The van der Waals surface area contributed by atoms with E-state index in [-0.39, 0.29) is 5.91 Å². The molecule has 3 heteroatoms. The molecule has 0 unspecified atom stereocenters. The van der Waals surface area contributed by atoms with Crippen LogP contribution in [-0.2, 0) is 11.2 Å². The smallest absolute Gasteiger partial charge is 0.217 e. The van der Waals surface area contributed by atoms with Gasteiger partial charge in [0.25, 0.3) is 0 Å². The molecule has 0 heterocycles. The third kappa shape index (κ3) is 5.95. The Hall–Kier alpha value is -1.51. The minimum absolute atomic E-state index is 0.259. The number of rotatable bonds is 8. The molecule has 0 aliphatic heterocycles. The number of aryl methyl sites for hydroxylation is 1. The molecule has 0 aromatic heterocycles. The van der Waals surface area contributed by atoms with E-state index in [1.165, 1.54) is 12.8 Å². The predicted octanol–water partition coefficient (Wildman–Crippen LogP) is 2.67. The van der Waals surface area contributed by atoms with E-state index in [2.05, 4.69) is 6.92 Å². The Morgan fingerprint density at radius 1 is 1.24 bits per heavy atom. The zero-order chi connectivity index (χ0) is 12.5. The van der Waals surface area contributed by atoms with Crippen LogP contribution in [-0.4, -0.2) is 12.5 Å². The highest BCUT2D eigenvalue weighted by atomic mass is 16.5. The van der Waals surface area contributed by atoms with E-state index in [9.17, 15) is 4.79 Å². The van der Waals surface area contributed by atoms with Crippen LogP contribution >= 0.6 is 0 Å². The van der Waals surface area contributed by atoms with E-state index in [0.717, 1.165) is 24.3 Å². The zero-order valence-electron chi connectivity index (χ0n) is 10.4. The number of primary amides is 1. The first-order valence-corrected chi connectivity index (χ1v) is 6.22. The molecule has 1 aromatic carbocycles. The van der Waals surface area contributed by atoms with E-state index in [1.807, 2.05) is 24.3 Å². The molecule has 0 spiro atoms. The van der Waals surface area contributed by atoms with Crippen LogP contribution in [0.5, 0.6) is 5.75 Å². The molecule has 0 saturated carbocycles. The lowest BCUT2D eigenvalue weighted by Crippen LogP contribution is -2.11. The van der Waals surface area contributed by atoms with E-state index in [4.69, 9.17) is 10.5 Å². The molecule has 0 fully saturated rings. The summed E-state index contributed by atoms with van der Waals surface area (Å²) in [7, 11) is 0. The minimum atomic E-state index is -0.259. The zero-order valence-corrected chi connectivity index (χ0v) is 10.4. The summed E-state index contributed by atoms with van der Waals surface area (Å²) in [5.74, 6) is 0.633. The molecule has 0 bridgehead atoms. The van der Waals surface area contributed by atoms with Gasteiger partial charge in [0.15, 0.2) is 0 Å². The fourth-order valence-electron chi connectivity index (χ4n) is 1.56. The van der Waals surface area contributed by atoms with Gasteiger partial charge >= 0.3 is 0 Å². The van der Waals surface area contributed by atoms with Crippen LogP contribution in [0.25, 0.3) is 0 Å². The summed E-state index contributed by atoms with van der Waals surface area (Å²) in [6.45, 7) is 2.95. The quantitative estimate of drug-likeness (QED) is 0.704. The van der Waals surface area contributed by atoms with Crippen molar-refractivity contribution in [2.75, 3.05) is 6.61 Å². The molecule has 0 aliphatic rings. The number of carbonyl (C=O) groups is 1. The van der Waals surface area contributed by atoms with Crippen LogP contribution in [0.4, 0.5) is 0 Å². The molecule has 0 atom stereocenters. The highest BCUT2D eigenvalue weighted by Gasteiger charge is 1.98. The Morgan fingerprint density at radius 3 is 2.53 bits per heavy atom. The lowest BCUT2D eigenvalue weighted by atomic mass is 10.1. The topological polar surface area (TPSA) is 52.3 Å². The molecule has 2 N–H and O–H groups in total. The summed E-state index contributed by atoms with van der Waals surface area (Å²) in [5.41, 5.74) is 6.22. The number of unbranched alkanes of at least 4 members (excludes halogenated alkanes) is 2. The van der Waals surface area contributed by atoms with Gasteiger partial charge in [-0.2, -0.15) is 0 Å². The average Bonchev–Trinajstić information content (AvgIpc) is 2.33. The summed E-state index contributed by atoms with van der Waals surface area (Å²) < 4.78 is 5.60. The van der Waals surface area contributed by atoms with Gasteiger partial charge in [0.1, 0.15) is 5.75 Å². The number of hydrogen-bond donors (Lipinski definition) is 1. The SMILES string of the molecule is CCCCCOc1ccc(CCC(N)=O)cc1. The molecule has 1 aromatic rings. The van der Waals surface area contributed by atoms with Crippen molar-refractivity contribution >= 4 is 5.91 Å². The molecule has 0 radical (unpaired) electrons. The molecular formula is C14H21NO2. The van der Waals surface area contributed by atoms with Crippen molar-refractivity contribution in [1.82, 2.24) is 0 Å². The molecule has 0 saturated heterocycles. The highest BCUT2D eigenvalue weighted by molar-refractivity contribution is 5.73. The summed E-state index contributed by atoms with van der Waals surface area (Å²) in [5, 5.41) is 0. The summed E-state index contributed by atoms with van der Waals surface area (Å²) >= 11 is 0. The first kappa shape index (κ1) is 13.6. The second-order valence-corrected chi connectivity index (χ2v) is 4.17. The molecule has 1 amide bonds. The van der Waals surface area contributed by atoms with Gasteiger partial charge in [0.2, 0.25) is 5.91 Å². The van der Waals surface area contributed by atoms with Crippen LogP contribution in [0.2, 0.25) is 0 Å². The van der Waals surface area contributed by atoms with Gasteiger partial charge in [0.05, 0.1) is 6.61 Å². The molecule has 0 aliphatic carbocycles. The van der Waals surface area contributed by atoms with Gasteiger partial charge < -0.3 is 10.5 Å². The number of carbonyl (C=O) groups excluding carboxylic acids is 1. The maximum absolute atomic E-state index is 10.6. The summed E-state index contributed by atoms with van der Waals surface area (Å²) in [4.78, 5) is 10.6. The van der Waals surface area contributed by atoms with Crippen molar-refractivity contribution < 1.29 is 9.53 Å². The standard InChI is InChI=1S/C14H21NO2/c1-2-3-4-11-17-13-8-5-12(6-9-13)7-10-14(15)16/h5-6,8-9H,2-4,7,10-11H2,1H3,(H2,15,16). The second-order valence-electron chi connectivity index (χ2n) is 4.17. The number of ether oxygens (including phenoxy) is 1. The van der Waals surface area contributed by atoms with Crippen LogP contribution in [0.3, 0.4) is 0 Å². The van der Waals surface area contributed by atoms with E-state index in [0.29, 0.717) is 12.8 Å². The normalized spacial score (nSPS) is 10.2. The van der Waals surface area contributed by atoms with Gasteiger partial charge in [-0.1, -0.05) is 31.9 Å². The Kier molecular flexibility index (Phi) is 6.15. The average molecular weight is 235 g/mol. The molecule has 94 valence electrons. The van der Waals surface area contributed by atoms with E-state index >= 15 is 0 Å². The third-order valence-electron chi connectivity index (χ3n) is 2.60. The van der Waals surface area contributed by atoms with Crippen LogP contribution in [0.15, 0.2) is 24.3 Å². The number of benzene rings is 1. The van der Waals surface area contributed by atoms with Crippen LogP contribution in [0, 0.1) is 0 Å². The van der Waals surface area contributed by atoms with Crippen molar-refractivity contribution in [3.63, 3.8) is 0 Å². The fraction of sp³-hybridized carbons (Fsp3) is 0.500. The minimum Gasteiger partial charge on any atom is -0.494 e. The lowest BCUT2D eigenvalue weighted by Gasteiger charge is -2.06. The molecule has 17 heavy (non-hydrogen) atoms. The summed E-state index contributed by atoms with van der Waals surface area (Å²) in [6.07, 6.45) is 4.61. The first-order valence-electron chi connectivity index (χ1n) is 6.22. The number of hydrogen-bond acceptors (Lipinski definition) is 2. The van der Waals surface area contributed by atoms with Crippen molar-refractivity contribution in [2.24, 2.45) is 5.73 Å². The largest absolute Gasteiger partial charge is 0.494 e. The molecule has 3 nitrogen and oxygen atoms in total.